The Labute approximate surface area is 176 Å². The predicted molar refractivity (Wildman–Crippen MR) is 113 cm³/mol. The van der Waals surface area contributed by atoms with Gasteiger partial charge in [0.2, 0.25) is 5.82 Å². The Kier molecular flexibility index (Phi) is 5.62. The monoisotopic (exact) mass is 421 g/mol. The van der Waals surface area contributed by atoms with E-state index < -0.39 is 4.92 Å². The summed E-state index contributed by atoms with van der Waals surface area (Å²) in [5.74, 6) is 0.387. The number of benzene rings is 1. The predicted octanol–water partition coefficient (Wildman–Crippen LogP) is 3.97. The van der Waals surface area contributed by atoms with Gasteiger partial charge in [-0.2, -0.15) is 0 Å². The molecule has 0 saturated heterocycles. The van der Waals surface area contributed by atoms with E-state index >= 15 is 0 Å². The molecule has 4 rings (SSSR count). The number of nitrogens with zero attached hydrogens (tertiary/aromatic N) is 7. The summed E-state index contributed by atoms with van der Waals surface area (Å²) in [6.07, 6.45) is 8.25. The molecule has 0 radical (unpaired) electrons. The Bertz CT molecular complexity index is 1180. The number of aryl methyl sites for hydroxylation is 1. The van der Waals surface area contributed by atoms with Gasteiger partial charge in [-0.15, -0.1) is 5.10 Å². The fourth-order valence-electron chi connectivity index (χ4n) is 2.87. The zero-order valence-corrected chi connectivity index (χ0v) is 16.4. The molecule has 9 nitrogen and oxygen atoms in total. The number of hydrogen-bond acceptors (Lipinski definition) is 6. The van der Waals surface area contributed by atoms with Gasteiger partial charge in [-0.1, -0.05) is 35.0 Å². The van der Waals surface area contributed by atoms with Crippen LogP contribution in [0.4, 0.5) is 5.82 Å². The molecule has 4 aromatic rings. The minimum Gasteiger partial charge on any atom is -0.358 e. The topological polar surface area (TPSA) is 105 Å². The first-order chi connectivity index (χ1) is 14.6. The van der Waals surface area contributed by atoms with Gasteiger partial charge in [0.1, 0.15) is 18.4 Å². The van der Waals surface area contributed by atoms with Crippen LogP contribution in [0, 0.1) is 10.1 Å². The van der Waals surface area contributed by atoms with Crippen LogP contribution in [0.3, 0.4) is 0 Å². The molecule has 3 heterocycles. The van der Waals surface area contributed by atoms with Crippen molar-refractivity contribution in [1.29, 1.82) is 0 Å². The normalized spacial score (nSPS) is 11.2. The first-order valence-corrected chi connectivity index (χ1v) is 9.43. The van der Waals surface area contributed by atoms with Gasteiger partial charge < -0.3 is 10.1 Å². The van der Waals surface area contributed by atoms with Gasteiger partial charge in [-0.3, -0.25) is 4.98 Å². The van der Waals surface area contributed by atoms with Gasteiger partial charge in [0.25, 0.3) is 0 Å². The third kappa shape index (κ3) is 4.41. The van der Waals surface area contributed by atoms with E-state index in [2.05, 4.69) is 20.3 Å². The average Bonchev–Trinajstić information content (AvgIpc) is 3.39. The van der Waals surface area contributed by atoms with Crippen molar-refractivity contribution in [1.82, 2.24) is 29.5 Å². The van der Waals surface area contributed by atoms with Crippen molar-refractivity contribution in [2.45, 2.75) is 13.1 Å². The van der Waals surface area contributed by atoms with E-state index in [1.807, 2.05) is 36.4 Å². The van der Waals surface area contributed by atoms with Crippen molar-refractivity contribution < 1.29 is 4.92 Å². The van der Waals surface area contributed by atoms with E-state index in [0.29, 0.717) is 35.3 Å². The van der Waals surface area contributed by atoms with Crippen molar-refractivity contribution in [3.05, 3.63) is 87.6 Å². The molecule has 0 aliphatic rings. The lowest BCUT2D eigenvalue weighted by molar-refractivity contribution is -0.392. The van der Waals surface area contributed by atoms with Crippen LogP contribution >= 0.6 is 11.6 Å². The third-order valence-electron chi connectivity index (χ3n) is 4.37. The van der Waals surface area contributed by atoms with Gasteiger partial charge in [-0.25, -0.2) is 14.2 Å². The lowest BCUT2D eigenvalue weighted by Crippen LogP contribution is -2.11. The van der Waals surface area contributed by atoms with Crippen LogP contribution in [-0.2, 0) is 13.1 Å². The second kappa shape index (κ2) is 8.66. The van der Waals surface area contributed by atoms with Crippen molar-refractivity contribution in [3.63, 3.8) is 0 Å². The number of aromatic nitrogens is 6. The second-order valence-electron chi connectivity index (χ2n) is 6.35. The van der Waals surface area contributed by atoms with Crippen molar-refractivity contribution in [2.24, 2.45) is 0 Å². The minimum atomic E-state index is -0.451. The zero-order valence-electron chi connectivity index (χ0n) is 15.7. The standard InChI is InChI=1S/C20H16ClN7O2/c21-16-7-4-15(5-8-16)6-9-19-23-13-20(28(29)30)27(19)12-11-26-14-18(24-25-26)17-3-1-2-10-22-17/h1-10,13-14H,11-12H2/b9-6+. The van der Waals surface area contributed by atoms with Crippen LogP contribution in [0.25, 0.3) is 23.5 Å². The molecule has 0 N–H and O–H groups in total. The van der Waals surface area contributed by atoms with Crippen molar-refractivity contribution >= 4 is 29.6 Å². The smallest absolute Gasteiger partial charge is 0.343 e. The van der Waals surface area contributed by atoms with Gasteiger partial charge in [0, 0.05) is 17.3 Å². The maximum Gasteiger partial charge on any atom is 0.343 e. The molecule has 0 bridgehead atoms. The number of imidazole rings is 1. The molecule has 10 heteroatoms. The highest BCUT2D eigenvalue weighted by molar-refractivity contribution is 6.30. The maximum atomic E-state index is 11.4. The molecule has 0 amide bonds. The first-order valence-electron chi connectivity index (χ1n) is 9.05. The van der Waals surface area contributed by atoms with E-state index in [0.717, 1.165) is 5.56 Å². The van der Waals surface area contributed by atoms with E-state index in [1.54, 1.807) is 35.3 Å². The molecule has 30 heavy (non-hydrogen) atoms. The van der Waals surface area contributed by atoms with Crippen LogP contribution in [0.5, 0.6) is 0 Å². The number of rotatable bonds is 7. The molecule has 0 atom stereocenters. The fourth-order valence-corrected chi connectivity index (χ4v) is 3.00. The van der Waals surface area contributed by atoms with E-state index in [-0.39, 0.29) is 5.82 Å². The summed E-state index contributed by atoms with van der Waals surface area (Å²) in [4.78, 5) is 19.4. The van der Waals surface area contributed by atoms with E-state index in [9.17, 15) is 10.1 Å². The molecule has 1 aromatic carbocycles. The van der Waals surface area contributed by atoms with Gasteiger partial charge in [0.15, 0.2) is 0 Å². The number of hydrogen-bond donors (Lipinski definition) is 0. The lowest BCUT2D eigenvalue weighted by atomic mass is 10.2. The quantitative estimate of drug-likeness (QED) is 0.330. The van der Waals surface area contributed by atoms with Crippen LogP contribution < -0.4 is 0 Å². The summed E-state index contributed by atoms with van der Waals surface area (Å²) >= 11 is 5.90. The molecule has 0 aliphatic carbocycles. The van der Waals surface area contributed by atoms with E-state index in [4.69, 9.17) is 11.6 Å². The average molecular weight is 422 g/mol. The van der Waals surface area contributed by atoms with Crippen molar-refractivity contribution in [3.8, 4) is 11.4 Å². The van der Waals surface area contributed by atoms with Gasteiger partial charge in [0.05, 0.1) is 18.4 Å². The largest absolute Gasteiger partial charge is 0.358 e. The highest BCUT2D eigenvalue weighted by atomic mass is 35.5. The number of halogens is 1. The fraction of sp³-hybridized carbons (Fsp3) is 0.100. The summed E-state index contributed by atoms with van der Waals surface area (Å²) in [6.45, 7) is 0.695. The Morgan fingerprint density at radius 3 is 2.60 bits per heavy atom. The lowest BCUT2D eigenvalue weighted by Gasteiger charge is -2.03. The minimum absolute atomic E-state index is 0.0872. The Morgan fingerprint density at radius 1 is 1.03 bits per heavy atom. The molecule has 0 spiro atoms. The first kappa shape index (κ1) is 19.5. The molecule has 0 saturated carbocycles. The third-order valence-corrected chi connectivity index (χ3v) is 4.62. The summed E-state index contributed by atoms with van der Waals surface area (Å²) in [5.41, 5.74) is 2.26. The van der Waals surface area contributed by atoms with Gasteiger partial charge >= 0.3 is 5.82 Å². The highest BCUT2D eigenvalue weighted by Gasteiger charge is 2.19. The molecular weight excluding hydrogens is 406 g/mol. The molecule has 150 valence electrons. The van der Waals surface area contributed by atoms with Crippen LogP contribution in [-0.4, -0.2) is 34.5 Å². The summed E-state index contributed by atoms with van der Waals surface area (Å²) < 4.78 is 3.16. The summed E-state index contributed by atoms with van der Waals surface area (Å²) in [6, 6.07) is 12.8. The molecule has 0 fully saturated rings. The molecule has 0 unspecified atom stereocenters. The Hall–Kier alpha value is -3.85. The van der Waals surface area contributed by atoms with Crippen molar-refractivity contribution in [2.75, 3.05) is 0 Å². The van der Waals surface area contributed by atoms with Gasteiger partial charge in [-0.05, 0) is 40.8 Å². The Balaban J connectivity index is 1.53. The number of nitro groups is 1. The maximum absolute atomic E-state index is 11.4. The Morgan fingerprint density at radius 2 is 1.87 bits per heavy atom. The molecule has 3 aromatic heterocycles. The molecule has 0 aliphatic heterocycles. The molecular formula is C20H16ClN7O2. The zero-order chi connectivity index (χ0) is 20.9. The SMILES string of the molecule is O=[N+]([O-])c1cnc(/C=C/c2ccc(Cl)cc2)n1CCn1cc(-c2ccccn2)nn1. The summed E-state index contributed by atoms with van der Waals surface area (Å²) in [5, 5.41) is 20.3. The van der Waals surface area contributed by atoms with E-state index in [1.165, 1.54) is 10.8 Å². The van der Waals surface area contributed by atoms with Crippen LogP contribution in [0.15, 0.2) is 61.1 Å². The summed E-state index contributed by atoms with van der Waals surface area (Å²) in [7, 11) is 0. The van der Waals surface area contributed by atoms with Crippen LogP contribution in [0.1, 0.15) is 11.4 Å². The highest BCUT2D eigenvalue weighted by Crippen LogP contribution is 2.18. The second-order valence-corrected chi connectivity index (χ2v) is 6.79. The van der Waals surface area contributed by atoms with Crippen LogP contribution in [0.2, 0.25) is 5.02 Å². The number of pyridine rings is 1.